The highest BCUT2D eigenvalue weighted by atomic mass is 19.1. The molecule has 1 atom stereocenters. The number of carbonyl (C=O) groups excluding carboxylic acids is 1. The molecule has 1 aromatic carbocycles. The Kier molecular flexibility index (Phi) is 4.53. The lowest BCUT2D eigenvalue weighted by molar-refractivity contribution is 0.0691. The fourth-order valence-electron chi connectivity index (χ4n) is 2.49. The predicted octanol–water partition coefficient (Wildman–Crippen LogP) is 2.35. The molecule has 1 aliphatic rings. The van der Waals surface area contributed by atoms with Crippen LogP contribution >= 0.6 is 0 Å². The van der Waals surface area contributed by atoms with Crippen LogP contribution in [-0.4, -0.2) is 36.5 Å². The van der Waals surface area contributed by atoms with Crippen molar-refractivity contribution in [2.24, 2.45) is 0 Å². The summed E-state index contributed by atoms with van der Waals surface area (Å²) < 4.78 is 13.6. The molecule has 19 heavy (non-hydrogen) atoms. The molecule has 4 heteroatoms. The molecule has 0 radical (unpaired) electrons. The number of halogens is 1. The fourth-order valence-corrected chi connectivity index (χ4v) is 2.49. The number of hydrogen-bond acceptors (Lipinski definition) is 2. The van der Waals surface area contributed by atoms with Crippen molar-refractivity contribution in [2.75, 3.05) is 19.6 Å². The molecule has 0 aliphatic carbocycles. The van der Waals surface area contributed by atoms with Crippen molar-refractivity contribution < 1.29 is 9.18 Å². The van der Waals surface area contributed by atoms with E-state index < -0.39 is 0 Å². The largest absolute Gasteiger partial charge is 0.334 e. The zero-order valence-corrected chi connectivity index (χ0v) is 11.6. The first-order valence-corrected chi connectivity index (χ1v) is 6.91. The number of amides is 1. The molecule has 1 heterocycles. The van der Waals surface area contributed by atoms with E-state index in [0.29, 0.717) is 11.1 Å². The summed E-state index contributed by atoms with van der Waals surface area (Å²) >= 11 is 0. The minimum Gasteiger partial charge on any atom is -0.334 e. The van der Waals surface area contributed by atoms with Crippen LogP contribution in [0.3, 0.4) is 0 Å². The highest BCUT2D eigenvalue weighted by molar-refractivity contribution is 5.94. The number of hydrogen-bond donors (Lipinski definition) is 1. The van der Waals surface area contributed by atoms with Crippen LogP contribution in [0.15, 0.2) is 18.2 Å². The van der Waals surface area contributed by atoms with E-state index >= 15 is 0 Å². The topological polar surface area (TPSA) is 32.3 Å². The molecule has 104 valence electrons. The number of nitrogens with zero attached hydrogens (tertiary/aromatic N) is 1. The van der Waals surface area contributed by atoms with E-state index in [1.165, 1.54) is 6.07 Å². The Hall–Kier alpha value is -1.42. The van der Waals surface area contributed by atoms with E-state index in [1.54, 1.807) is 19.1 Å². The smallest absolute Gasteiger partial charge is 0.254 e. The van der Waals surface area contributed by atoms with Crippen LogP contribution in [0.2, 0.25) is 0 Å². The highest BCUT2D eigenvalue weighted by Gasteiger charge is 2.26. The second-order valence-electron chi connectivity index (χ2n) is 5.11. The molecule has 2 rings (SSSR count). The van der Waals surface area contributed by atoms with E-state index in [9.17, 15) is 9.18 Å². The molecular weight excluding hydrogens is 243 g/mol. The molecule has 1 fully saturated rings. The van der Waals surface area contributed by atoms with Gasteiger partial charge in [0.2, 0.25) is 0 Å². The van der Waals surface area contributed by atoms with Gasteiger partial charge in [-0.3, -0.25) is 4.79 Å². The maximum atomic E-state index is 13.6. The highest BCUT2D eigenvalue weighted by Crippen LogP contribution is 2.16. The third-order valence-electron chi connectivity index (χ3n) is 3.62. The van der Waals surface area contributed by atoms with Gasteiger partial charge in [-0.25, -0.2) is 4.39 Å². The first-order valence-electron chi connectivity index (χ1n) is 6.91. The summed E-state index contributed by atoms with van der Waals surface area (Å²) in [6.07, 6.45) is 1.89. The number of nitrogens with one attached hydrogen (secondary N) is 1. The predicted molar refractivity (Wildman–Crippen MR) is 73.7 cm³/mol. The molecule has 3 nitrogen and oxygen atoms in total. The van der Waals surface area contributed by atoms with Gasteiger partial charge in [0, 0.05) is 24.7 Å². The SMILES string of the molecule is CCCN(C(=O)c1ccc(C)c(F)c1)C1CCNC1. The van der Waals surface area contributed by atoms with Crippen molar-refractivity contribution in [1.82, 2.24) is 10.2 Å². The maximum Gasteiger partial charge on any atom is 0.254 e. The normalized spacial score (nSPS) is 18.6. The summed E-state index contributed by atoms with van der Waals surface area (Å²) in [6.45, 7) is 6.26. The van der Waals surface area contributed by atoms with Crippen LogP contribution in [0.25, 0.3) is 0 Å². The Balaban J connectivity index is 2.20. The van der Waals surface area contributed by atoms with Gasteiger partial charge in [0.25, 0.3) is 5.91 Å². The van der Waals surface area contributed by atoms with Crippen molar-refractivity contribution in [3.63, 3.8) is 0 Å². The number of rotatable bonds is 4. The summed E-state index contributed by atoms with van der Waals surface area (Å²) in [6, 6.07) is 4.96. The Bertz CT molecular complexity index is 455. The van der Waals surface area contributed by atoms with E-state index in [4.69, 9.17) is 0 Å². The first kappa shape index (κ1) is 14.0. The average Bonchev–Trinajstić information content (AvgIpc) is 2.92. The van der Waals surface area contributed by atoms with Gasteiger partial charge < -0.3 is 10.2 Å². The van der Waals surface area contributed by atoms with Gasteiger partial charge in [0.1, 0.15) is 5.82 Å². The van der Waals surface area contributed by atoms with E-state index in [-0.39, 0.29) is 17.8 Å². The molecule has 1 N–H and O–H groups in total. The van der Waals surface area contributed by atoms with Gasteiger partial charge in [0.15, 0.2) is 0 Å². The minimum absolute atomic E-state index is 0.0607. The van der Waals surface area contributed by atoms with Crippen LogP contribution in [0.5, 0.6) is 0 Å². The van der Waals surface area contributed by atoms with Crippen molar-refractivity contribution in [2.45, 2.75) is 32.7 Å². The van der Waals surface area contributed by atoms with E-state index in [0.717, 1.165) is 32.5 Å². The van der Waals surface area contributed by atoms with Crippen LogP contribution < -0.4 is 5.32 Å². The van der Waals surface area contributed by atoms with Crippen LogP contribution in [0, 0.1) is 12.7 Å². The molecule has 1 saturated heterocycles. The zero-order chi connectivity index (χ0) is 13.8. The minimum atomic E-state index is -0.313. The lowest BCUT2D eigenvalue weighted by Crippen LogP contribution is -2.42. The van der Waals surface area contributed by atoms with Crippen LogP contribution in [0.4, 0.5) is 4.39 Å². The molecule has 1 amide bonds. The van der Waals surface area contributed by atoms with Crippen molar-refractivity contribution in [1.29, 1.82) is 0 Å². The number of aryl methyl sites for hydroxylation is 1. The maximum absolute atomic E-state index is 13.6. The summed E-state index contributed by atoms with van der Waals surface area (Å²) in [5.74, 6) is -0.374. The molecule has 0 saturated carbocycles. The van der Waals surface area contributed by atoms with Gasteiger partial charge in [-0.1, -0.05) is 13.0 Å². The van der Waals surface area contributed by atoms with Crippen molar-refractivity contribution >= 4 is 5.91 Å². The Morgan fingerprint density at radius 2 is 2.32 bits per heavy atom. The molecule has 0 spiro atoms. The van der Waals surface area contributed by atoms with E-state index in [2.05, 4.69) is 12.2 Å². The lowest BCUT2D eigenvalue weighted by atomic mass is 10.1. The molecule has 0 bridgehead atoms. The molecule has 1 aliphatic heterocycles. The quantitative estimate of drug-likeness (QED) is 0.905. The van der Waals surface area contributed by atoms with Gasteiger partial charge in [-0.15, -0.1) is 0 Å². The summed E-state index contributed by atoms with van der Waals surface area (Å²) in [7, 11) is 0. The monoisotopic (exact) mass is 264 g/mol. The second-order valence-corrected chi connectivity index (χ2v) is 5.11. The number of benzene rings is 1. The Morgan fingerprint density at radius 1 is 1.53 bits per heavy atom. The Labute approximate surface area is 113 Å². The third kappa shape index (κ3) is 3.13. The summed E-state index contributed by atoms with van der Waals surface area (Å²) in [5.41, 5.74) is 1.02. The van der Waals surface area contributed by atoms with Crippen molar-refractivity contribution in [3.05, 3.63) is 35.1 Å². The van der Waals surface area contributed by atoms with E-state index in [1.807, 2.05) is 4.90 Å². The number of carbonyl (C=O) groups is 1. The summed E-state index contributed by atoms with van der Waals surface area (Å²) in [4.78, 5) is 14.4. The zero-order valence-electron chi connectivity index (χ0n) is 11.6. The molecule has 0 aromatic heterocycles. The average molecular weight is 264 g/mol. The van der Waals surface area contributed by atoms with Gasteiger partial charge in [-0.05, 0) is 44.0 Å². The van der Waals surface area contributed by atoms with Gasteiger partial charge in [-0.2, -0.15) is 0 Å². The van der Waals surface area contributed by atoms with Crippen LogP contribution in [-0.2, 0) is 0 Å². The van der Waals surface area contributed by atoms with Gasteiger partial charge in [0.05, 0.1) is 0 Å². The molecular formula is C15H21FN2O. The van der Waals surface area contributed by atoms with Crippen LogP contribution in [0.1, 0.15) is 35.7 Å². The Morgan fingerprint density at radius 3 is 2.89 bits per heavy atom. The molecule has 1 unspecified atom stereocenters. The summed E-state index contributed by atoms with van der Waals surface area (Å²) in [5, 5.41) is 3.27. The van der Waals surface area contributed by atoms with Gasteiger partial charge >= 0.3 is 0 Å². The lowest BCUT2D eigenvalue weighted by Gasteiger charge is -2.28. The standard InChI is InChI=1S/C15H21FN2O/c1-3-8-18(13-6-7-17-10-13)15(19)12-5-4-11(2)14(16)9-12/h4-5,9,13,17H,3,6-8,10H2,1-2H3. The molecule has 1 aromatic rings. The van der Waals surface area contributed by atoms with Crippen molar-refractivity contribution in [3.8, 4) is 0 Å². The third-order valence-corrected chi connectivity index (χ3v) is 3.62. The second kappa shape index (κ2) is 6.15. The fraction of sp³-hybridized carbons (Fsp3) is 0.533. The first-order chi connectivity index (χ1) is 9.13.